The maximum atomic E-state index is 11.4. The van der Waals surface area contributed by atoms with Crippen LogP contribution in [0.1, 0.15) is 32.6 Å². The highest BCUT2D eigenvalue weighted by molar-refractivity contribution is 5.91. The first-order chi connectivity index (χ1) is 8.75. The number of carbonyl (C=O) groups is 3. The summed E-state index contributed by atoms with van der Waals surface area (Å²) in [6.45, 7) is 1.89. The van der Waals surface area contributed by atoms with Crippen LogP contribution in [0.4, 0.5) is 0 Å². The van der Waals surface area contributed by atoms with Crippen molar-refractivity contribution in [1.29, 1.82) is 0 Å². The second kappa shape index (κ2) is 7.70. The van der Waals surface area contributed by atoms with Crippen molar-refractivity contribution in [2.24, 2.45) is 0 Å². The van der Waals surface area contributed by atoms with Gasteiger partial charge in [-0.25, -0.2) is 9.59 Å². The molecule has 2 unspecified atom stereocenters. The normalized spacial score (nSPS) is 15.3. The molecule has 0 fully saturated rings. The van der Waals surface area contributed by atoms with Crippen LogP contribution in [0, 0.1) is 0 Å². The molecule has 0 aromatic rings. The minimum absolute atomic E-state index is 0.0352. The van der Waals surface area contributed by atoms with E-state index in [1.165, 1.54) is 0 Å². The van der Waals surface area contributed by atoms with Gasteiger partial charge in [0.15, 0.2) is 6.10 Å². The zero-order valence-corrected chi connectivity index (χ0v) is 10.5. The molecule has 0 aromatic carbocycles. The van der Waals surface area contributed by atoms with E-state index in [0.29, 0.717) is 6.42 Å². The Morgan fingerprint density at radius 3 is 2.21 bits per heavy atom. The summed E-state index contributed by atoms with van der Waals surface area (Å²) in [7, 11) is 0. The van der Waals surface area contributed by atoms with E-state index in [4.69, 9.17) is 10.2 Å². The lowest BCUT2D eigenvalue weighted by molar-refractivity contribution is -0.190. The summed E-state index contributed by atoms with van der Waals surface area (Å²) in [6.07, 6.45) is -1.59. The third-order valence-corrected chi connectivity index (χ3v) is 2.46. The molecule has 0 amide bonds. The van der Waals surface area contributed by atoms with Crippen LogP contribution in [0.2, 0.25) is 0 Å². The van der Waals surface area contributed by atoms with Crippen LogP contribution in [-0.4, -0.2) is 56.6 Å². The first-order valence-corrected chi connectivity index (χ1v) is 5.78. The van der Waals surface area contributed by atoms with Crippen molar-refractivity contribution < 1.29 is 39.5 Å². The number of hydrogen-bond donors (Lipinski definition) is 4. The Bertz CT molecular complexity index is 340. The topological polar surface area (TPSA) is 141 Å². The number of aliphatic carboxylic acids is 2. The van der Waals surface area contributed by atoms with Gasteiger partial charge in [0.1, 0.15) is 0 Å². The van der Waals surface area contributed by atoms with Gasteiger partial charge in [-0.05, 0) is 6.42 Å². The molecule has 0 aliphatic heterocycles. The lowest BCUT2D eigenvalue weighted by Gasteiger charge is -2.25. The van der Waals surface area contributed by atoms with Crippen LogP contribution >= 0.6 is 0 Å². The van der Waals surface area contributed by atoms with Gasteiger partial charge in [0.25, 0.3) is 0 Å². The molecule has 2 atom stereocenters. The summed E-state index contributed by atoms with van der Waals surface area (Å²) in [5.41, 5.74) is -3.10. The highest BCUT2D eigenvalue weighted by Crippen LogP contribution is 2.18. The molecule has 0 aliphatic rings. The molecular formula is C11H18O8. The fourth-order valence-corrected chi connectivity index (χ4v) is 1.32. The number of carboxylic acids is 2. The van der Waals surface area contributed by atoms with E-state index in [2.05, 4.69) is 4.74 Å². The van der Waals surface area contributed by atoms with Crippen LogP contribution in [0.15, 0.2) is 0 Å². The van der Waals surface area contributed by atoms with Crippen molar-refractivity contribution in [2.45, 2.75) is 44.3 Å². The number of aliphatic hydroxyl groups excluding tert-OH is 1. The van der Waals surface area contributed by atoms with Gasteiger partial charge >= 0.3 is 17.9 Å². The highest BCUT2D eigenvalue weighted by Gasteiger charge is 2.50. The van der Waals surface area contributed by atoms with Crippen molar-refractivity contribution in [2.75, 3.05) is 6.61 Å². The molecule has 8 heteroatoms. The molecule has 0 aromatic heterocycles. The van der Waals surface area contributed by atoms with Crippen LogP contribution in [-0.2, 0) is 19.1 Å². The van der Waals surface area contributed by atoms with Crippen LogP contribution in [0.3, 0.4) is 0 Å². The van der Waals surface area contributed by atoms with Gasteiger partial charge in [0.05, 0.1) is 13.0 Å². The Balaban J connectivity index is 4.63. The molecule has 0 heterocycles. The van der Waals surface area contributed by atoms with Gasteiger partial charge in [-0.15, -0.1) is 0 Å². The Kier molecular flexibility index (Phi) is 7.02. The first kappa shape index (κ1) is 17.3. The summed E-state index contributed by atoms with van der Waals surface area (Å²) < 4.78 is 4.58. The van der Waals surface area contributed by atoms with Gasteiger partial charge in [-0.3, -0.25) is 4.79 Å². The average Bonchev–Trinajstić information content (AvgIpc) is 2.32. The molecule has 4 N–H and O–H groups in total. The first-order valence-electron chi connectivity index (χ1n) is 5.78. The van der Waals surface area contributed by atoms with Gasteiger partial charge in [-0.1, -0.05) is 19.8 Å². The molecule has 19 heavy (non-hydrogen) atoms. The van der Waals surface area contributed by atoms with E-state index in [9.17, 15) is 24.6 Å². The Labute approximate surface area is 109 Å². The Morgan fingerprint density at radius 1 is 1.21 bits per heavy atom. The van der Waals surface area contributed by atoms with Crippen molar-refractivity contribution in [3.8, 4) is 0 Å². The Morgan fingerprint density at radius 2 is 1.79 bits per heavy atom. The van der Waals surface area contributed by atoms with Crippen LogP contribution in [0.25, 0.3) is 0 Å². The Hall–Kier alpha value is -1.67. The minimum atomic E-state index is -3.10. The number of carboxylic acid groups (broad SMARTS) is 2. The highest BCUT2D eigenvalue weighted by atomic mass is 16.6. The van der Waals surface area contributed by atoms with E-state index < -0.39 is 36.0 Å². The third-order valence-electron chi connectivity index (χ3n) is 2.46. The number of carbonyl (C=O) groups excluding carboxylic acids is 1. The molecule has 0 radical (unpaired) electrons. The monoisotopic (exact) mass is 278 g/mol. The number of hydrogen-bond acceptors (Lipinski definition) is 6. The molecule has 0 saturated heterocycles. The van der Waals surface area contributed by atoms with E-state index in [0.717, 1.165) is 12.8 Å². The van der Waals surface area contributed by atoms with Crippen molar-refractivity contribution in [3.05, 3.63) is 0 Å². The summed E-state index contributed by atoms with van der Waals surface area (Å²) in [6, 6.07) is 0. The maximum Gasteiger partial charge on any atom is 0.339 e. The smallest absolute Gasteiger partial charge is 0.339 e. The van der Waals surface area contributed by atoms with Gasteiger partial charge in [0.2, 0.25) is 5.60 Å². The number of aliphatic hydroxyl groups is 2. The number of rotatable bonds is 9. The average molecular weight is 278 g/mol. The second-order valence-corrected chi connectivity index (χ2v) is 4.08. The van der Waals surface area contributed by atoms with Crippen LogP contribution in [0.5, 0.6) is 0 Å². The van der Waals surface area contributed by atoms with Gasteiger partial charge in [-0.2, -0.15) is 0 Å². The second-order valence-electron chi connectivity index (χ2n) is 4.08. The summed E-state index contributed by atoms with van der Waals surface area (Å²) in [5.74, 6) is -5.03. The summed E-state index contributed by atoms with van der Waals surface area (Å²) in [4.78, 5) is 32.6. The molecule has 110 valence electrons. The van der Waals surface area contributed by atoms with E-state index in [-0.39, 0.29) is 6.61 Å². The lowest BCUT2D eigenvalue weighted by atomic mass is 9.93. The SMILES string of the molecule is CCCCCOC(=O)C(O)C(O)(CC(=O)O)C(=O)O. The minimum Gasteiger partial charge on any atom is -0.481 e. The number of unbranched alkanes of at least 4 members (excludes halogenated alkanes) is 2. The van der Waals surface area contributed by atoms with Gasteiger partial charge < -0.3 is 25.2 Å². The van der Waals surface area contributed by atoms with Crippen molar-refractivity contribution in [3.63, 3.8) is 0 Å². The maximum absolute atomic E-state index is 11.4. The molecule has 0 spiro atoms. The zero-order chi connectivity index (χ0) is 15.1. The lowest BCUT2D eigenvalue weighted by Crippen LogP contribution is -2.55. The van der Waals surface area contributed by atoms with Crippen molar-refractivity contribution >= 4 is 17.9 Å². The van der Waals surface area contributed by atoms with Crippen molar-refractivity contribution in [1.82, 2.24) is 0 Å². The fraction of sp³-hybridized carbons (Fsp3) is 0.727. The van der Waals surface area contributed by atoms with E-state index >= 15 is 0 Å². The predicted octanol–water partition coefficient (Wildman–Crippen LogP) is -0.629. The zero-order valence-electron chi connectivity index (χ0n) is 10.5. The largest absolute Gasteiger partial charge is 0.481 e. The molecular weight excluding hydrogens is 260 g/mol. The molecule has 0 bridgehead atoms. The molecule has 0 aliphatic carbocycles. The number of ether oxygens (including phenoxy) is 1. The third kappa shape index (κ3) is 5.23. The molecule has 0 saturated carbocycles. The summed E-state index contributed by atoms with van der Waals surface area (Å²) in [5, 5.41) is 36.2. The van der Waals surface area contributed by atoms with E-state index in [1.807, 2.05) is 6.92 Å². The predicted molar refractivity (Wildman–Crippen MR) is 61.3 cm³/mol. The molecule has 8 nitrogen and oxygen atoms in total. The standard InChI is InChI=1S/C11H18O8/c1-2-3-4-5-19-9(15)8(14)11(18,10(16)17)6-7(12)13/h8,14,18H,2-6H2,1H3,(H,12,13)(H,16,17). The molecule has 0 rings (SSSR count). The quantitative estimate of drug-likeness (QED) is 0.322. The number of esters is 1. The van der Waals surface area contributed by atoms with E-state index in [1.54, 1.807) is 0 Å². The van der Waals surface area contributed by atoms with Crippen LogP contribution < -0.4 is 0 Å². The summed E-state index contributed by atoms with van der Waals surface area (Å²) >= 11 is 0. The van der Waals surface area contributed by atoms with Gasteiger partial charge in [0, 0.05) is 0 Å². The fourth-order valence-electron chi connectivity index (χ4n) is 1.32.